The number of nitrogens with one attached hydrogen (secondary N) is 2. The molecule has 0 saturated carbocycles. The predicted octanol–water partition coefficient (Wildman–Crippen LogP) is 1.62. The Morgan fingerprint density at radius 1 is 1.53 bits per heavy atom. The fourth-order valence-corrected chi connectivity index (χ4v) is 2.33. The third-order valence-electron chi connectivity index (χ3n) is 3.88. The van der Waals surface area contributed by atoms with Gasteiger partial charge in [0.15, 0.2) is 0 Å². The van der Waals surface area contributed by atoms with Crippen molar-refractivity contribution in [2.24, 2.45) is 11.0 Å². The van der Waals surface area contributed by atoms with Gasteiger partial charge in [-0.05, 0) is 45.3 Å². The lowest BCUT2D eigenvalue weighted by Crippen LogP contribution is -2.34. The zero-order valence-electron chi connectivity index (χ0n) is 11.9. The van der Waals surface area contributed by atoms with Gasteiger partial charge in [0.1, 0.15) is 6.04 Å². The fourth-order valence-electron chi connectivity index (χ4n) is 2.33. The van der Waals surface area contributed by atoms with Crippen LogP contribution in [-0.4, -0.2) is 61.7 Å². The lowest BCUT2D eigenvalue weighted by molar-refractivity contribution is -0.130. The first-order chi connectivity index (χ1) is 9.06. The number of nitrogens with zero attached hydrogens (tertiary/aromatic N) is 3. The highest BCUT2D eigenvalue weighted by Gasteiger charge is 2.19. The highest BCUT2D eigenvalue weighted by Crippen LogP contribution is 2.19. The summed E-state index contributed by atoms with van der Waals surface area (Å²) in [5.41, 5.74) is 6.87. The van der Waals surface area contributed by atoms with Gasteiger partial charge < -0.3 is 15.2 Å². The Bertz CT molecular complexity index is 304. The second-order valence-electron chi connectivity index (χ2n) is 5.42. The summed E-state index contributed by atoms with van der Waals surface area (Å²) in [6.45, 7) is 3.06. The number of likely N-dealkylation sites (tertiary alicyclic amines) is 1. The SMILES string of the molecule is CN1CCC(CCN(C)C(=O)CC(C=N)N=N)CC1. The summed E-state index contributed by atoms with van der Waals surface area (Å²) in [4.78, 5) is 15.9. The van der Waals surface area contributed by atoms with E-state index in [9.17, 15) is 4.79 Å². The molecule has 108 valence electrons. The summed E-state index contributed by atoms with van der Waals surface area (Å²) < 4.78 is 0. The number of amides is 1. The van der Waals surface area contributed by atoms with E-state index in [4.69, 9.17) is 10.9 Å². The maximum atomic E-state index is 11.9. The van der Waals surface area contributed by atoms with Crippen LogP contribution in [0.5, 0.6) is 0 Å². The van der Waals surface area contributed by atoms with Gasteiger partial charge >= 0.3 is 0 Å². The molecule has 6 heteroatoms. The topological polar surface area (TPSA) is 83.6 Å². The normalized spacial score (nSPS) is 18.8. The molecule has 0 aromatic heterocycles. The predicted molar refractivity (Wildman–Crippen MR) is 74.8 cm³/mol. The number of hydrogen-bond acceptors (Lipinski definition) is 5. The van der Waals surface area contributed by atoms with Gasteiger partial charge in [0.25, 0.3) is 0 Å². The molecule has 1 amide bonds. The zero-order chi connectivity index (χ0) is 14.3. The van der Waals surface area contributed by atoms with Crippen molar-refractivity contribution >= 4 is 12.1 Å². The third kappa shape index (κ3) is 5.46. The van der Waals surface area contributed by atoms with Gasteiger partial charge in [0, 0.05) is 19.8 Å². The van der Waals surface area contributed by atoms with E-state index >= 15 is 0 Å². The lowest BCUT2D eigenvalue weighted by atomic mass is 9.93. The Hall–Kier alpha value is -1.30. The van der Waals surface area contributed by atoms with Crippen molar-refractivity contribution in [3.63, 3.8) is 0 Å². The van der Waals surface area contributed by atoms with E-state index in [0.717, 1.165) is 32.3 Å². The molecule has 6 nitrogen and oxygen atoms in total. The zero-order valence-corrected chi connectivity index (χ0v) is 11.9. The molecule has 1 heterocycles. The smallest absolute Gasteiger partial charge is 0.224 e. The van der Waals surface area contributed by atoms with Crippen LogP contribution in [0.4, 0.5) is 0 Å². The third-order valence-corrected chi connectivity index (χ3v) is 3.88. The van der Waals surface area contributed by atoms with Gasteiger partial charge in [0.2, 0.25) is 5.91 Å². The maximum absolute atomic E-state index is 11.9. The molecule has 0 aromatic rings. The Balaban J connectivity index is 2.26. The van der Waals surface area contributed by atoms with Gasteiger partial charge in [-0.25, -0.2) is 5.53 Å². The minimum Gasteiger partial charge on any atom is -0.346 e. The number of carbonyl (C=O) groups excluding carboxylic acids is 1. The fraction of sp³-hybridized carbons (Fsp3) is 0.846. The van der Waals surface area contributed by atoms with Crippen molar-refractivity contribution in [2.75, 3.05) is 33.7 Å². The molecule has 0 bridgehead atoms. The second kappa shape index (κ2) is 7.99. The Morgan fingerprint density at radius 3 is 2.68 bits per heavy atom. The largest absolute Gasteiger partial charge is 0.346 e. The first-order valence-electron chi connectivity index (χ1n) is 6.86. The number of carbonyl (C=O) groups is 1. The number of piperidine rings is 1. The van der Waals surface area contributed by atoms with Crippen LogP contribution < -0.4 is 0 Å². The molecule has 0 aliphatic carbocycles. The second-order valence-corrected chi connectivity index (χ2v) is 5.42. The van der Waals surface area contributed by atoms with Crippen LogP contribution in [0.25, 0.3) is 0 Å². The quantitative estimate of drug-likeness (QED) is 0.542. The average Bonchev–Trinajstić information content (AvgIpc) is 2.43. The van der Waals surface area contributed by atoms with E-state index in [0.29, 0.717) is 5.92 Å². The summed E-state index contributed by atoms with van der Waals surface area (Å²) >= 11 is 0. The molecule has 1 saturated heterocycles. The highest BCUT2D eigenvalue weighted by molar-refractivity contribution is 5.80. The molecular weight excluding hydrogens is 242 g/mol. The average molecular weight is 267 g/mol. The van der Waals surface area contributed by atoms with E-state index in [2.05, 4.69) is 17.1 Å². The minimum atomic E-state index is -0.599. The summed E-state index contributed by atoms with van der Waals surface area (Å²) in [7, 11) is 3.94. The van der Waals surface area contributed by atoms with E-state index in [1.807, 2.05) is 0 Å². The summed E-state index contributed by atoms with van der Waals surface area (Å²) in [6.07, 6.45) is 4.66. The van der Waals surface area contributed by atoms with Crippen LogP contribution in [0.2, 0.25) is 0 Å². The van der Waals surface area contributed by atoms with Crippen molar-refractivity contribution in [3.8, 4) is 0 Å². The molecule has 0 aromatic carbocycles. The van der Waals surface area contributed by atoms with E-state index in [-0.39, 0.29) is 12.3 Å². The molecule has 0 radical (unpaired) electrons. The summed E-state index contributed by atoms with van der Waals surface area (Å²) in [5, 5.41) is 10.3. The van der Waals surface area contributed by atoms with Crippen LogP contribution in [0.1, 0.15) is 25.7 Å². The number of rotatable bonds is 7. The molecule has 0 spiro atoms. The van der Waals surface area contributed by atoms with Crippen molar-refractivity contribution in [1.29, 1.82) is 10.9 Å². The van der Waals surface area contributed by atoms with Crippen LogP contribution >= 0.6 is 0 Å². The molecule has 1 aliphatic heterocycles. The van der Waals surface area contributed by atoms with Crippen LogP contribution in [-0.2, 0) is 4.79 Å². The van der Waals surface area contributed by atoms with Crippen molar-refractivity contribution in [2.45, 2.75) is 31.7 Å². The van der Waals surface area contributed by atoms with E-state index in [1.165, 1.54) is 12.8 Å². The monoisotopic (exact) mass is 267 g/mol. The van der Waals surface area contributed by atoms with Crippen molar-refractivity contribution in [3.05, 3.63) is 0 Å². The van der Waals surface area contributed by atoms with Crippen molar-refractivity contribution < 1.29 is 4.79 Å². The number of hydrogen-bond donors (Lipinski definition) is 2. The van der Waals surface area contributed by atoms with Crippen molar-refractivity contribution in [1.82, 2.24) is 9.80 Å². The first-order valence-corrected chi connectivity index (χ1v) is 6.86. The molecular formula is C13H25N5O. The Morgan fingerprint density at radius 2 is 2.16 bits per heavy atom. The molecule has 2 N–H and O–H groups in total. The van der Waals surface area contributed by atoms with Gasteiger partial charge in [-0.2, -0.15) is 5.11 Å². The van der Waals surface area contributed by atoms with Crippen LogP contribution in [0.3, 0.4) is 0 Å². The van der Waals surface area contributed by atoms with E-state index < -0.39 is 6.04 Å². The molecule has 1 atom stereocenters. The van der Waals surface area contributed by atoms with Crippen LogP contribution in [0.15, 0.2) is 5.11 Å². The summed E-state index contributed by atoms with van der Waals surface area (Å²) in [6, 6.07) is -0.599. The Labute approximate surface area is 115 Å². The van der Waals surface area contributed by atoms with Gasteiger partial charge in [-0.15, -0.1) is 0 Å². The first kappa shape index (κ1) is 15.8. The minimum absolute atomic E-state index is 0.0302. The van der Waals surface area contributed by atoms with Gasteiger partial charge in [-0.3, -0.25) is 4.79 Å². The Kier molecular flexibility index (Phi) is 6.62. The van der Waals surface area contributed by atoms with Gasteiger partial charge in [-0.1, -0.05) is 0 Å². The molecule has 19 heavy (non-hydrogen) atoms. The molecule has 1 unspecified atom stereocenters. The maximum Gasteiger partial charge on any atom is 0.224 e. The standard InChI is InChI=1S/C13H25N5O/c1-17-6-3-11(4-7-17)5-8-18(2)13(19)9-12(10-14)16-15/h10-12,14-15H,3-9H2,1-2H3. The van der Waals surface area contributed by atoms with E-state index in [1.54, 1.807) is 11.9 Å². The molecule has 1 rings (SSSR count). The molecule has 1 aliphatic rings. The van der Waals surface area contributed by atoms with Crippen LogP contribution in [0, 0.1) is 16.9 Å². The lowest BCUT2D eigenvalue weighted by Gasteiger charge is -2.30. The summed E-state index contributed by atoms with van der Waals surface area (Å²) in [5.74, 6) is 0.684. The van der Waals surface area contributed by atoms with Gasteiger partial charge in [0.05, 0.1) is 6.42 Å². The molecule has 1 fully saturated rings. The highest BCUT2D eigenvalue weighted by atomic mass is 16.2.